The van der Waals surface area contributed by atoms with E-state index in [9.17, 15) is 4.79 Å². The van der Waals surface area contributed by atoms with E-state index in [0.29, 0.717) is 17.4 Å². The summed E-state index contributed by atoms with van der Waals surface area (Å²) < 4.78 is 1.67. The van der Waals surface area contributed by atoms with Crippen molar-refractivity contribution in [2.45, 2.75) is 6.54 Å². The molecule has 0 fully saturated rings. The van der Waals surface area contributed by atoms with E-state index < -0.39 is 0 Å². The Hall–Kier alpha value is -2.08. The minimum absolute atomic E-state index is 0.199. The van der Waals surface area contributed by atoms with Crippen LogP contribution in [0.1, 0.15) is 16.2 Å². The molecule has 0 saturated heterocycles. The number of aryl methyl sites for hydroxylation is 1. The van der Waals surface area contributed by atoms with Crippen molar-refractivity contribution >= 4 is 23.3 Å². The van der Waals surface area contributed by atoms with Gasteiger partial charge in [-0.15, -0.1) is 0 Å². The number of hydrogen-bond acceptors (Lipinski definition) is 4. The summed E-state index contributed by atoms with van der Waals surface area (Å²) in [6, 6.07) is 5.17. The lowest BCUT2D eigenvalue weighted by Gasteiger charge is -2.06. The fraction of sp³-hybridized carbons (Fsp3) is 0.250. The average Bonchev–Trinajstić information content (AvgIpc) is 2.82. The molecule has 2 heterocycles. The van der Waals surface area contributed by atoms with E-state index in [1.54, 1.807) is 23.9 Å². The van der Waals surface area contributed by atoms with Crippen LogP contribution in [0.4, 0.5) is 5.82 Å². The van der Waals surface area contributed by atoms with Gasteiger partial charge in [0.25, 0.3) is 5.91 Å². The largest absolute Gasteiger partial charge is 0.373 e. The first kappa shape index (κ1) is 13.4. The highest BCUT2D eigenvalue weighted by molar-refractivity contribution is 6.33. The Labute approximate surface area is 115 Å². The zero-order valence-corrected chi connectivity index (χ0v) is 11.4. The number of halogens is 1. The number of pyridine rings is 1. The molecule has 2 aromatic heterocycles. The molecule has 0 saturated carbocycles. The van der Waals surface area contributed by atoms with Crippen LogP contribution >= 0.6 is 11.6 Å². The molecule has 0 bridgehead atoms. The van der Waals surface area contributed by atoms with E-state index in [1.165, 1.54) is 0 Å². The van der Waals surface area contributed by atoms with Crippen LogP contribution in [0.5, 0.6) is 0 Å². The van der Waals surface area contributed by atoms with Crippen molar-refractivity contribution in [2.24, 2.45) is 7.05 Å². The van der Waals surface area contributed by atoms with Crippen molar-refractivity contribution in [1.82, 2.24) is 20.1 Å². The van der Waals surface area contributed by atoms with Crippen LogP contribution < -0.4 is 10.6 Å². The standard InChI is InChI=1S/C12H14ClN5O/c1-14-10-4-3-9(13)11(16-10)12(19)15-7-8-5-6-18(2)17-8/h3-6H,7H2,1-2H3,(H,14,16)(H,15,19). The second-order valence-electron chi connectivity index (χ2n) is 3.94. The second-order valence-corrected chi connectivity index (χ2v) is 4.35. The highest BCUT2D eigenvalue weighted by atomic mass is 35.5. The number of aromatic nitrogens is 3. The molecule has 0 spiro atoms. The molecule has 0 aliphatic carbocycles. The number of nitrogens with one attached hydrogen (secondary N) is 2. The number of amides is 1. The SMILES string of the molecule is CNc1ccc(Cl)c(C(=O)NCc2ccn(C)n2)n1. The zero-order chi connectivity index (χ0) is 13.8. The highest BCUT2D eigenvalue weighted by Crippen LogP contribution is 2.16. The number of anilines is 1. The molecule has 0 radical (unpaired) electrons. The van der Waals surface area contributed by atoms with E-state index in [-0.39, 0.29) is 11.6 Å². The van der Waals surface area contributed by atoms with Gasteiger partial charge in [-0.2, -0.15) is 5.10 Å². The molecule has 2 rings (SSSR count). The molecule has 0 aliphatic heterocycles. The Morgan fingerprint density at radius 2 is 2.21 bits per heavy atom. The quantitative estimate of drug-likeness (QED) is 0.888. The van der Waals surface area contributed by atoms with Crippen LogP contribution in [-0.4, -0.2) is 27.7 Å². The minimum Gasteiger partial charge on any atom is -0.373 e. The third-order valence-electron chi connectivity index (χ3n) is 2.52. The number of carbonyl (C=O) groups is 1. The van der Waals surface area contributed by atoms with Gasteiger partial charge < -0.3 is 10.6 Å². The van der Waals surface area contributed by atoms with Crippen LogP contribution in [0.25, 0.3) is 0 Å². The van der Waals surface area contributed by atoms with Crippen LogP contribution in [0.2, 0.25) is 5.02 Å². The summed E-state index contributed by atoms with van der Waals surface area (Å²) in [5.41, 5.74) is 0.973. The molecular weight excluding hydrogens is 266 g/mol. The van der Waals surface area contributed by atoms with Crippen LogP contribution in [0.15, 0.2) is 24.4 Å². The van der Waals surface area contributed by atoms with Crippen molar-refractivity contribution in [3.05, 3.63) is 40.8 Å². The third kappa shape index (κ3) is 3.23. The first-order valence-corrected chi connectivity index (χ1v) is 6.09. The van der Waals surface area contributed by atoms with Crippen molar-refractivity contribution < 1.29 is 4.79 Å². The van der Waals surface area contributed by atoms with Crippen molar-refractivity contribution in [3.63, 3.8) is 0 Å². The Balaban J connectivity index is 2.07. The summed E-state index contributed by atoms with van der Waals surface area (Å²) in [6.07, 6.45) is 1.81. The van der Waals surface area contributed by atoms with Gasteiger partial charge >= 0.3 is 0 Å². The summed E-state index contributed by atoms with van der Waals surface area (Å²) in [5.74, 6) is 0.264. The molecule has 100 valence electrons. The molecule has 0 atom stereocenters. The number of hydrogen-bond donors (Lipinski definition) is 2. The Kier molecular flexibility index (Phi) is 4.01. The van der Waals surface area contributed by atoms with Gasteiger partial charge in [-0.3, -0.25) is 9.48 Å². The Morgan fingerprint density at radius 3 is 2.84 bits per heavy atom. The van der Waals surface area contributed by atoms with Crippen molar-refractivity contribution in [3.8, 4) is 0 Å². The minimum atomic E-state index is -0.326. The fourth-order valence-corrected chi connectivity index (χ4v) is 1.74. The maximum absolute atomic E-state index is 12.0. The summed E-state index contributed by atoms with van der Waals surface area (Å²) >= 11 is 5.96. The summed E-state index contributed by atoms with van der Waals surface area (Å²) in [7, 11) is 3.55. The normalized spacial score (nSPS) is 10.3. The second kappa shape index (κ2) is 5.71. The van der Waals surface area contributed by atoms with Crippen molar-refractivity contribution in [1.29, 1.82) is 0 Å². The van der Waals surface area contributed by atoms with Crippen LogP contribution in [-0.2, 0) is 13.6 Å². The average molecular weight is 280 g/mol. The van der Waals surface area contributed by atoms with Gasteiger partial charge in [0.15, 0.2) is 0 Å². The topological polar surface area (TPSA) is 71.8 Å². The molecule has 2 N–H and O–H groups in total. The van der Waals surface area contributed by atoms with Crippen molar-refractivity contribution in [2.75, 3.05) is 12.4 Å². The molecule has 0 aromatic carbocycles. The maximum Gasteiger partial charge on any atom is 0.271 e. The van der Waals surface area contributed by atoms with Crippen LogP contribution in [0.3, 0.4) is 0 Å². The summed E-state index contributed by atoms with van der Waals surface area (Å²) in [5, 5.41) is 10.1. The van der Waals surface area contributed by atoms with E-state index in [4.69, 9.17) is 11.6 Å². The van der Waals surface area contributed by atoms with Gasteiger partial charge in [-0.25, -0.2) is 4.98 Å². The smallest absolute Gasteiger partial charge is 0.271 e. The molecular formula is C12H14ClN5O. The monoisotopic (exact) mass is 279 g/mol. The number of carbonyl (C=O) groups excluding carboxylic acids is 1. The zero-order valence-electron chi connectivity index (χ0n) is 10.6. The van der Waals surface area contributed by atoms with E-state index in [0.717, 1.165) is 5.69 Å². The molecule has 1 amide bonds. The molecule has 2 aromatic rings. The lowest BCUT2D eigenvalue weighted by molar-refractivity contribution is 0.0945. The molecule has 7 heteroatoms. The van der Waals surface area contributed by atoms with Gasteiger partial charge in [0.2, 0.25) is 0 Å². The third-order valence-corrected chi connectivity index (χ3v) is 2.82. The predicted molar refractivity (Wildman–Crippen MR) is 73.2 cm³/mol. The lowest BCUT2D eigenvalue weighted by atomic mass is 10.3. The molecule has 19 heavy (non-hydrogen) atoms. The maximum atomic E-state index is 12.0. The van der Waals surface area contributed by atoms with E-state index in [1.807, 2.05) is 19.3 Å². The lowest BCUT2D eigenvalue weighted by Crippen LogP contribution is -2.24. The van der Waals surface area contributed by atoms with Gasteiger partial charge in [-0.05, 0) is 18.2 Å². The molecule has 0 aliphatic rings. The number of nitrogens with zero attached hydrogens (tertiary/aromatic N) is 3. The number of rotatable bonds is 4. The van der Waals surface area contributed by atoms with E-state index >= 15 is 0 Å². The van der Waals surface area contributed by atoms with Gasteiger partial charge in [0.05, 0.1) is 17.3 Å². The van der Waals surface area contributed by atoms with E-state index in [2.05, 4.69) is 20.7 Å². The molecule has 0 unspecified atom stereocenters. The Bertz CT molecular complexity index is 596. The van der Waals surface area contributed by atoms with Gasteiger partial charge in [0.1, 0.15) is 11.5 Å². The Morgan fingerprint density at radius 1 is 1.42 bits per heavy atom. The molecule has 6 nitrogen and oxygen atoms in total. The predicted octanol–water partition coefficient (Wildman–Crippen LogP) is 1.44. The highest BCUT2D eigenvalue weighted by Gasteiger charge is 2.13. The van der Waals surface area contributed by atoms with Crippen LogP contribution in [0, 0.1) is 0 Å². The summed E-state index contributed by atoms with van der Waals surface area (Å²) in [4.78, 5) is 16.1. The first-order chi connectivity index (χ1) is 9.10. The van der Waals surface area contributed by atoms with Gasteiger partial charge in [-0.1, -0.05) is 11.6 Å². The van der Waals surface area contributed by atoms with Gasteiger partial charge in [0, 0.05) is 20.3 Å². The summed E-state index contributed by atoms with van der Waals surface area (Å²) in [6.45, 7) is 0.335. The first-order valence-electron chi connectivity index (χ1n) is 5.71. The fourth-order valence-electron chi connectivity index (χ4n) is 1.55.